The lowest BCUT2D eigenvalue weighted by Crippen LogP contribution is -2.08. The molecule has 0 amide bonds. The van der Waals surface area contributed by atoms with Crippen molar-refractivity contribution in [3.8, 4) is 0 Å². The second-order valence-electron chi connectivity index (χ2n) is 7.27. The molecule has 5 rings (SSSR count). The van der Waals surface area contributed by atoms with Gasteiger partial charge in [-0.3, -0.25) is 5.10 Å². The van der Waals surface area contributed by atoms with E-state index in [0.717, 1.165) is 38.6 Å². The van der Waals surface area contributed by atoms with E-state index in [-0.39, 0.29) is 11.9 Å². The molecule has 3 aromatic heterocycles. The molecule has 1 unspecified atom stereocenters. The largest absolute Gasteiger partial charge is 0.368 e. The highest BCUT2D eigenvalue weighted by atomic mass is 35.5. The maximum atomic E-state index is 6.69. The molecule has 142 valence electrons. The van der Waals surface area contributed by atoms with Crippen LogP contribution >= 0.6 is 11.6 Å². The fraction of sp³-hybridized carbons (Fsp3) is 0.250. The molecule has 4 aromatic rings. The minimum atomic E-state index is -0.0308. The molecule has 0 spiro atoms. The van der Waals surface area contributed by atoms with E-state index in [1.165, 1.54) is 12.8 Å². The number of anilines is 3. The molecule has 1 fully saturated rings. The standard InChI is InChI=1S/C20H20ClN7/c1-10(12-4-5-15-13(18(12)21)6-7-23-15)14-9-24-20(22)26-19(14)25-17-8-16(27-28-17)11-2-3-11/h4-11,23H,2-3H2,1H3,(H4,22,24,25,26,27,28). The molecule has 0 bridgehead atoms. The number of nitrogen functional groups attached to an aromatic ring is 1. The molecule has 5 N–H and O–H groups in total. The summed E-state index contributed by atoms with van der Waals surface area (Å²) < 4.78 is 0. The van der Waals surface area contributed by atoms with E-state index in [2.05, 4.69) is 37.4 Å². The molecule has 1 atom stereocenters. The number of halogens is 1. The van der Waals surface area contributed by atoms with Gasteiger partial charge in [0.15, 0.2) is 5.82 Å². The van der Waals surface area contributed by atoms with E-state index in [1.807, 2.05) is 30.5 Å². The summed E-state index contributed by atoms with van der Waals surface area (Å²) >= 11 is 6.69. The number of aromatic nitrogens is 5. The number of rotatable bonds is 5. The first kappa shape index (κ1) is 17.1. The average molecular weight is 394 g/mol. The van der Waals surface area contributed by atoms with E-state index in [9.17, 15) is 0 Å². The second-order valence-corrected chi connectivity index (χ2v) is 7.65. The van der Waals surface area contributed by atoms with E-state index < -0.39 is 0 Å². The molecule has 1 aliphatic carbocycles. The Labute approximate surface area is 166 Å². The van der Waals surface area contributed by atoms with E-state index >= 15 is 0 Å². The van der Waals surface area contributed by atoms with Crippen LogP contribution in [0.4, 0.5) is 17.6 Å². The molecule has 0 saturated heterocycles. The number of hydrogen-bond donors (Lipinski definition) is 4. The number of aromatic amines is 2. The van der Waals surface area contributed by atoms with Gasteiger partial charge in [0.2, 0.25) is 5.95 Å². The van der Waals surface area contributed by atoms with Crippen LogP contribution in [-0.4, -0.2) is 25.1 Å². The Morgan fingerprint density at radius 3 is 2.93 bits per heavy atom. The fourth-order valence-corrected chi connectivity index (χ4v) is 3.95. The molecule has 1 saturated carbocycles. The minimum absolute atomic E-state index is 0.0308. The Kier molecular flexibility index (Phi) is 3.98. The lowest BCUT2D eigenvalue weighted by atomic mass is 9.93. The van der Waals surface area contributed by atoms with E-state index in [0.29, 0.717) is 11.7 Å². The summed E-state index contributed by atoms with van der Waals surface area (Å²) in [6.07, 6.45) is 6.07. The lowest BCUT2D eigenvalue weighted by Gasteiger charge is -2.18. The minimum Gasteiger partial charge on any atom is -0.368 e. The Morgan fingerprint density at radius 1 is 1.25 bits per heavy atom. The van der Waals surface area contributed by atoms with Crippen LogP contribution in [0.15, 0.2) is 36.7 Å². The van der Waals surface area contributed by atoms with Crippen molar-refractivity contribution in [2.75, 3.05) is 11.1 Å². The number of nitrogens with one attached hydrogen (secondary N) is 3. The zero-order valence-electron chi connectivity index (χ0n) is 15.3. The van der Waals surface area contributed by atoms with Gasteiger partial charge in [-0.25, -0.2) is 4.98 Å². The molecule has 1 aromatic carbocycles. The lowest BCUT2D eigenvalue weighted by molar-refractivity contribution is 0.902. The summed E-state index contributed by atoms with van der Waals surface area (Å²) in [4.78, 5) is 11.8. The topological polar surface area (TPSA) is 108 Å². The molecule has 8 heteroatoms. The molecule has 7 nitrogen and oxygen atoms in total. The van der Waals surface area contributed by atoms with Crippen LogP contribution in [0.3, 0.4) is 0 Å². The van der Waals surface area contributed by atoms with Crippen molar-refractivity contribution in [3.05, 3.63) is 58.5 Å². The van der Waals surface area contributed by atoms with Gasteiger partial charge in [-0.1, -0.05) is 24.6 Å². The number of benzene rings is 1. The van der Waals surface area contributed by atoms with Crippen molar-refractivity contribution >= 4 is 40.1 Å². The molecular weight excluding hydrogens is 374 g/mol. The number of H-pyrrole nitrogens is 2. The number of nitrogens with two attached hydrogens (primary N) is 1. The van der Waals surface area contributed by atoms with Crippen molar-refractivity contribution in [2.24, 2.45) is 0 Å². The van der Waals surface area contributed by atoms with Gasteiger partial charge in [0.05, 0.1) is 5.02 Å². The highest BCUT2D eigenvalue weighted by Gasteiger charge is 2.26. The third-order valence-corrected chi connectivity index (χ3v) is 5.75. The van der Waals surface area contributed by atoms with E-state index in [4.69, 9.17) is 17.3 Å². The zero-order chi connectivity index (χ0) is 19.3. The van der Waals surface area contributed by atoms with Crippen molar-refractivity contribution < 1.29 is 0 Å². The Morgan fingerprint density at radius 2 is 2.11 bits per heavy atom. The first-order chi connectivity index (χ1) is 13.6. The highest BCUT2D eigenvalue weighted by Crippen LogP contribution is 2.40. The van der Waals surface area contributed by atoms with Gasteiger partial charge >= 0.3 is 0 Å². The first-order valence-electron chi connectivity index (χ1n) is 9.30. The van der Waals surface area contributed by atoms with Crippen molar-refractivity contribution in [1.29, 1.82) is 0 Å². The van der Waals surface area contributed by atoms with Gasteiger partial charge in [-0.15, -0.1) is 0 Å². The fourth-order valence-electron chi connectivity index (χ4n) is 3.56. The van der Waals surface area contributed by atoms with Gasteiger partial charge in [0, 0.05) is 52.5 Å². The van der Waals surface area contributed by atoms with Gasteiger partial charge in [0.1, 0.15) is 5.82 Å². The van der Waals surface area contributed by atoms with Crippen LogP contribution in [0.1, 0.15) is 48.4 Å². The molecular formula is C20H20ClN7. The van der Waals surface area contributed by atoms with E-state index in [1.54, 1.807) is 6.20 Å². The van der Waals surface area contributed by atoms with Gasteiger partial charge in [0.25, 0.3) is 0 Å². The SMILES string of the molecule is CC(c1cnc(N)nc1Nc1cc(C2CC2)[nH]n1)c1ccc2[nH]ccc2c1Cl. The molecule has 28 heavy (non-hydrogen) atoms. The summed E-state index contributed by atoms with van der Waals surface area (Å²) in [5.41, 5.74) is 9.93. The summed E-state index contributed by atoms with van der Waals surface area (Å²) in [6.45, 7) is 2.08. The van der Waals surface area contributed by atoms with Gasteiger partial charge < -0.3 is 16.0 Å². The number of hydrogen-bond acceptors (Lipinski definition) is 5. The van der Waals surface area contributed by atoms with Gasteiger partial charge in [-0.05, 0) is 30.5 Å². The summed E-state index contributed by atoms with van der Waals surface area (Å²) in [5, 5.41) is 12.5. The van der Waals surface area contributed by atoms with Crippen LogP contribution in [0.2, 0.25) is 5.02 Å². The average Bonchev–Trinajstić information content (AvgIpc) is 3.22. The van der Waals surface area contributed by atoms with Crippen molar-refractivity contribution in [1.82, 2.24) is 25.1 Å². The van der Waals surface area contributed by atoms with Gasteiger partial charge in [-0.2, -0.15) is 10.1 Å². The quantitative estimate of drug-likeness (QED) is 0.393. The van der Waals surface area contributed by atoms with Crippen molar-refractivity contribution in [2.45, 2.75) is 31.6 Å². The predicted octanol–water partition coefficient (Wildman–Crippen LogP) is 4.69. The van der Waals surface area contributed by atoms with Crippen LogP contribution < -0.4 is 11.1 Å². The summed E-state index contributed by atoms with van der Waals surface area (Å²) in [5.74, 6) is 2.14. The molecule has 0 aliphatic heterocycles. The maximum absolute atomic E-state index is 6.69. The summed E-state index contributed by atoms with van der Waals surface area (Å²) in [6, 6.07) is 8.08. The second kappa shape index (κ2) is 6.53. The molecule has 3 heterocycles. The van der Waals surface area contributed by atoms with Crippen LogP contribution in [0.5, 0.6) is 0 Å². The predicted molar refractivity (Wildman–Crippen MR) is 111 cm³/mol. The number of nitrogens with zero attached hydrogens (tertiary/aromatic N) is 3. The monoisotopic (exact) mass is 393 g/mol. The van der Waals surface area contributed by atoms with Crippen LogP contribution in [0, 0.1) is 0 Å². The Balaban J connectivity index is 1.52. The smallest absolute Gasteiger partial charge is 0.221 e. The van der Waals surface area contributed by atoms with Crippen LogP contribution in [0.25, 0.3) is 10.9 Å². The maximum Gasteiger partial charge on any atom is 0.221 e. The summed E-state index contributed by atoms with van der Waals surface area (Å²) in [7, 11) is 0. The normalized spacial score (nSPS) is 15.1. The highest BCUT2D eigenvalue weighted by molar-refractivity contribution is 6.36. The third kappa shape index (κ3) is 2.97. The van der Waals surface area contributed by atoms with Crippen molar-refractivity contribution in [3.63, 3.8) is 0 Å². The Hall–Kier alpha value is -3.06. The third-order valence-electron chi connectivity index (χ3n) is 5.33. The molecule has 0 radical (unpaired) electrons. The Bertz CT molecular complexity index is 1160. The van der Waals surface area contributed by atoms with Crippen LogP contribution in [-0.2, 0) is 0 Å². The number of fused-ring (bicyclic) bond motifs is 1. The molecule has 1 aliphatic rings. The zero-order valence-corrected chi connectivity index (χ0v) is 16.1. The first-order valence-corrected chi connectivity index (χ1v) is 9.68.